The van der Waals surface area contributed by atoms with Crippen LogP contribution in [0.5, 0.6) is 0 Å². The molecule has 2 aliphatic carbocycles. The first-order valence-corrected chi connectivity index (χ1v) is 4.89. The van der Waals surface area contributed by atoms with Crippen molar-refractivity contribution in [2.45, 2.75) is 26.2 Å². The summed E-state index contributed by atoms with van der Waals surface area (Å²) in [6.07, 6.45) is 9.80. The van der Waals surface area contributed by atoms with Crippen molar-refractivity contribution >= 4 is 0 Å². The molecule has 1 aliphatic heterocycles. The molecular formula is C12H12O. The molecule has 0 amide bonds. The Bertz CT molecular complexity index is 391. The van der Waals surface area contributed by atoms with Gasteiger partial charge in [-0.3, -0.25) is 0 Å². The first-order valence-electron chi connectivity index (χ1n) is 4.89. The molecule has 1 heterocycles. The lowest BCUT2D eigenvalue weighted by atomic mass is 10.0. The van der Waals surface area contributed by atoms with Crippen LogP contribution in [-0.2, 0) is 4.74 Å². The molecule has 3 aliphatic rings. The van der Waals surface area contributed by atoms with Gasteiger partial charge in [-0.25, -0.2) is 0 Å². The van der Waals surface area contributed by atoms with E-state index in [-0.39, 0.29) is 0 Å². The van der Waals surface area contributed by atoms with Crippen LogP contribution in [-0.4, -0.2) is 0 Å². The lowest BCUT2D eigenvalue weighted by Gasteiger charge is -2.20. The summed E-state index contributed by atoms with van der Waals surface area (Å²) in [6, 6.07) is 0. The smallest absolute Gasteiger partial charge is 0.134 e. The standard InChI is InChI=1S/C12H12O/c1-2-10-5-6-11-8-3-4-9(7-8)12(11)13-10/h3-5H,2,6-7H2,1H3. The van der Waals surface area contributed by atoms with Gasteiger partial charge in [-0.15, -0.1) is 0 Å². The number of rotatable bonds is 1. The van der Waals surface area contributed by atoms with E-state index in [9.17, 15) is 0 Å². The molecule has 0 aromatic carbocycles. The number of hydrogen-bond donors (Lipinski definition) is 0. The van der Waals surface area contributed by atoms with Crippen molar-refractivity contribution in [3.05, 3.63) is 46.5 Å². The second kappa shape index (κ2) is 2.38. The zero-order valence-electron chi connectivity index (χ0n) is 7.76. The normalized spacial score (nSPS) is 23.6. The summed E-state index contributed by atoms with van der Waals surface area (Å²) in [4.78, 5) is 0. The predicted molar refractivity (Wildman–Crippen MR) is 51.9 cm³/mol. The summed E-state index contributed by atoms with van der Waals surface area (Å²) in [5, 5.41) is 0. The number of hydrogen-bond acceptors (Lipinski definition) is 1. The van der Waals surface area contributed by atoms with Crippen LogP contribution >= 0.6 is 0 Å². The van der Waals surface area contributed by atoms with Crippen molar-refractivity contribution < 1.29 is 4.74 Å². The Morgan fingerprint density at radius 2 is 2.15 bits per heavy atom. The van der Waals surface area contributed by atoms with Gasteiger partial charge in [0.25, 0.3) is 0 Å². The largest absolute Gasteiger partial charge is 0.461 e. The lowest BCUT2D eigenvalue weighted by molar-refractivity contribution is 0.289. The molecule has 0 aromatic heterocycles. The summed E-state index contributed by atoms with van der Waals surface area (Å²) in [6.45, 7) is 2.14. The minimum Gasteiger partial charge on any atom is -0.461 e. The van der Waals surface area contributed by atoms with Gasteiger partial charge in [0, 0.05) is 18.4 Å². The fourth-order valence-electron chi connectivity index (χ4n) is 2.18. The highest BCUT2D eigenvalue weighted by molar-refractivity contribution is 5.59. The Kier molecular flexibility index (Phi) is 1.32. The molecule has 0 fully saturated rings. The molecule has 2 bridgehead atoms. The van der Waals surface area contributed by atoms with Crippen LogP contribution in [0.4, 0.5) is 0 Å². The van der Waals surface area contributed by atoms with E-state index in [0.29, 0.717) is 0 Å². The summed E-state index contributed by atoms with van der Waals surface area (Å²) in [7, 11) is 0. The van der Waals surface area contributed by atoms with Gasteiger partial charge in [0.2, 0.25) is 0 Å². The third-order valence-electron chi connectivity index (χ3n) is 2.94. The summed E-state index contributed by atoms with van der Waals surface area (Å²) in [5.41, 5.74) is 4.27. The van der Waals surface area contributed by atoms with Gasteiger partial charge in [0.15, 0.2) is 0 Å². The molecule has 1 heteroatoms. The Labute approximate surface area is 78.1 Å². The number of ether oxygens (including phenoxy) is 1. The van der Waals surface area contributed by atoms with Crippen LogP contribution in [0, 0.1) is 0 Å². The van der Waals surface area contributed by atoms with Gasteiger partial charge in [0.1, 0.15) is 11.5 Å². The molecule has 0 spiro atoms. The lowest BCUT2D eigenvalue weighted by Crippen LogP contribution is -2.03. The Hall–Kier alpha value is -1.24. The van der Waals surface area contributed by atoms with Gasteiger partial charge < -0.3 is 4.74 Å². The molecule has 0 atom stereocenters. The fraction of sp³-hybridized carbons (Fsp3) is 0.333. The second-order valence-corrected chi connectivity index (χ2v) is 3.70. The molecule has 0 radical (unpaired) electrons. The quantitative estimate of drug-likeness (QED) is 0.590. The maximum atomic E-state index is 5.83. The second-order valence-electron chi connectivity index (χ2n) is 3.70. The van der Waals surface area contributed by atoms with Crippen molar-refractivity contribution in [1.29, 1.82) is 0 Å². The van der Waals surface area contributed by atoms with Gasteiger partial charge in [-0.05, 0) is 23.6 Å². The summed E-state index contributed by atoms with van der Waals surface area (Å²) < 4.78 is 5.83. The van der Waals surface area contributed by atoms with E-state index in [4.69, 9.17) is 4.74 Å². The first-order chi connectivity index (χ1) is 6.38. The topological polar surface area (TPSA) is 9.23 Å². The highest BCUT2D eigenvalue weighted by Crippen LogP contribution is 2.44. The highest BCUT2D eigenvalue weighted by Gasteiger charge is 2.29. The molecular weight excluding hydrogens is 160 g/mol. The first kappa shape index (κ1) is 7.19. The maximum Gasteiger partial charge on any atom is 0.134 e. The molecule has 0 saturated carbocycles. The fourth-order valence-corrected chi connectivity index (χ4v) is 2.18. The number of allylic oxidation sites excluding steroid dienone is 7. The number of fused-ring (bicyclic) bond motifs is 3. The van der Waals surface area contributed by atoms with Gasteiger partial charge in [-0.2, -0.15) is 0 Å². The minimum atomic E-state index is 1.00. The van der Waals surface area contributed by atoms with E-state index in [0.717, 1.165) is 30.8 Å². The van der Waals surface area contributed by atoms with Crippen molar-refractivity contribution in [2.24, 2.45) is 0 Å². The van der Waals surface area contributed by atoms with Crippen LogP contribution in [0.1, 0.15) is 26.2 Å². The third-order valence-corrected chi connectivity index (χ3v) is 2.94. The molecule has 0 unspecified atom stereocenters. The Morgan fingerprint density at radius 3 is 3.00 bits per heavy atom. The molecule has 0 N–H and O–H groups in total. The maximum absolute atomic E-state index is 5.83. The minimum absolute atomic E-state index is 1.00. The van der Waals surface area contributed by atoms with E-state index in [1.807, 2.05) is 0 Å². The van der Waals surface area contributed by atoms with E-state index >= 15 is 0 Å². The van der Waals surface area contributed by atoms with E-state index in [1.54, 1.807) is 0 Å². The summed E-state index contributed by atoms with van der Waals surface area (Å²) in [5.74, 6) is 2.30. The SMILES string of the molecule is CCC1=CCC2=C3C=CC(=C2O1)C3. The van der Waals surface area contributed by atoms with Crippen LogP contribution < -0.4 is 0 Å². The highest BCUT2D eigenvalue weighted by atomic mass is 16.5. The van der Waals surface area contributed by atoms with Gasteiger partial charge >= 0.3 is 0 Å². The molecule has 0 saturated heterocycles. The molecule has 1 nitrogen and oxygen atoms in total. The molecule has 13 heavy (non-hydrogen) atoms. The summed E-state index contributed by atoms with van der Waals surface area (Å²) >= 11 is 0. The monoisotopic (exact) mass is 172 g/mol. The molecule has 0 aromatic rings. The van der Waals surface area contributed by atoms with E-state index < -0.39 is 0 Å². The zero-order valence-corrected chi connectivity index (χ0v) is 7.76. The molecule has 66 valence electrons. The van der Waals surface area contributed by atoms with E-state index in [2.05, 4.69) is 25.2 Å². The van der Waals surface area contributed by atoms with Crippen molar-refractivity contribution in [3.63, 3.8) is 0 Å². The van der Waals surface area contributed by atoms with E-state index in [1.165, 1.54) is 16.7 Å². The van der Waals surface area contributed by atoms with Gasteiger partial charge in [-0.1, -0.05) is 19.1 Å². The van der Waals surface area contributed by atoms with Crippen molar-refractivity contribution in [2.75, 3.05) is 0 Å². The van der Waals surface area contributed by atoms with Crippen molar-refractivity contribution in [3.8, 4) is 0 Å². The van der Waals surface area contributed by atoms with Crippen LogP contribution in [0.15, 0.2) is 46.5 Å². The van der Waals surface area contributed by atoms with Crippen LogP contribution in [0.3, 0.4) is 0 Å². The Morgan fingerprint density at radius 1 is 1.31 bits per heavy atom. The van der Waals surface area contributed by atoms with Gasteiger partial charge in [0.05, 0.1) is 0 Å². The van der Waals surface area contributed by atoms with Crippen LogP contribution in [0.25, 0.3) is 0 Å². The zero-order chi connectivity index (χ0) is 8.84. The average molecular weight is 172 g/mol. The predicted octanol–water partition coefficient (Wildman–Crippen LogP) is 3.22. The molecule has 3 rings (SSSR count). The average Bonchev–Trinajstić information content (AvgIpc) is 2.77. The van der Waals surface area contributed by atoms with Crippen LogP contribution in [0.2, 0.25) is 0 Å². The Balaban J connectivity index is 2.06. The third kappa shape index (κ3) is 0.873. The van der Waals surface area contributed by atoms with Crippen molar-refractivity contribution in [1.82, 2.24) is 0 Å².